The Morgan fingerprint density at radius 3 is 1.95 bits per heavy atom. The first kappa shape index (κ1) is 92.3. The fourth-order valence-corrected chi connectivity index (χ4v) is 19.9. The molecule has 126 heavy (non-hydrogen) atoms. The summed E-state index contributed by atoms with van der Waals surface area (Å²) < 4.78 is 45.1. The van der Waals surface area contributed by atoms with Crippen molar-refractivity contribution in [2.24, 2.45) is 53.1 Å². The lowest BCUT2D eigenvalue weighted by atomic mass is 9.51. The summed E-state index contributed by atoms with van der Waals surface area (Å²) in [5.74, 6) is -16.8. The largest absolute Gasteiger partial charge is 0.508 e. The first-order valence-electron chi connectivity index (χ1n) is 43.1. The monoisotopic (exact) mass is 1780 g/mol. The summed E-state index contributed by atoms with van der Waals surface area (Å²) in [5.41, 5.74) is 3.50. The van der Waals surface area contributed by atoms with Gasteiger partial charge in [-0.05, 0) is 214 Å². The molecule has 7 heterocycles. The molecule has 11 aliphatic rings. The minimum absolute atomic E-state index is 0.0500. The van der Waals surface area contributed by atoms with Crippen molar-refractivity contribution in [3.63, 3.8) is 0 Å². The lowest BCUT2D eigenvalue weighted by Gasteiger charge is -2.54. The third kappa shape index (κ3) is 20.2. The van der Waals surface area contributed by atoms with Gasteiger partial charge in [0.2, 0.25) is 41.6 Å². The Labute approximate surface area is 737 Å². The average Bonchev–Trinajstić information content (AvgIpc) is 0.776. The summed E-state index contributed by atoms with van der Waals surface area (Å²) >= 11 is 14.6. The van der Waals surface area contributed by atoms with E-state index in [1.54, 1.807) is 6.92 Å². The Morgan fingerprint density at radius 1 is 0.683 bits per heavy atom. The predicted octanol–water partition coefficient (Wildman–Crippen LogP) is 8.32. The normalized spacial score (nSPS) is 30.3. The van der Waals surface area contributed by atoms with Crippen molar-refractivity contribution >= 4 is 76.0 Å². The van der Waals surface area contributed by atoms with E-state index in [9.17, 15) is 60.3 Å². The van der Waals surface area contributed by atoms with E-state index in [4.69, 9.17) is 62.1 Å². The number of aliphatic hydroxyl groups is 6. The quantitative estimate of drug-likeness (QED) is 0.0284. The zero-order valence-corrected chi connectivity index (χ0v) is 72.0. The maximum Gasteiger partial charge on any atom is 0.257 e. The molecular weight excluding hydrogens is 1670 g/mol. The van der Waals surface area contributed by atoms with Crippen molar-refractivity contribution in [1.82, 2.24) is 31.9 Å². The fourth-order valence-electron chi connectivity index (χ4n) is 19.5. The Balaban J connectivity index is 0.954. The van der Waals surface area contributed by atoms with E-state index in [2.05, 4.69) is 31.9 Å². The molecule has 4 saturated carbocycles. The van der Waals surface area contributed by atoms with Gasteiger partial charge in [-0.15, -0.1) is 0 Å². The third-order valence-corrected chi connectivity index (χ3v) is 26.5. The minimum Gasteiger partial charge on any atom is -0.508 e. The number of benzene rings is 6. The van der Waals surface area contributed by atoms with Crippen LogP contribution in [-0.2, 0) is 52.6 Å². The molecule has 15 bridgehead atoms. The van der Waals surface area contributed by atoms with Gasteiger partial charge in [0, 0.05) is 72.9 Å². The number of ketones is 3. The van der Waals surface area contributed by atoms with E-state index in [1.165, 1.54) is 86.6 Å². The number of rotatable bonds is 22. The number of fused-ring (bicyclic) bond motifs is 15. The molecular formula is C92H109Cl2N7O25. The van der Waals surface area contributed by atoms with Crippen LogP contribution in [0.4, 0.5) is 0 Å². The van der Waals surface area contributed by atoms with E-state index in [-0.39, 0.29) is 110 Å². The van der Waals surface area contributed by atoms with E-state index in [1.807, 2.05) is 20.8 Å². The van der Waals surface area contributed by atoms with Crippen LogP contribution in [0.2, 0.25) is 10.0 Å². The highest BCUT2D eigenvalue weighted by Gasteiger charge is 2.53. The van der Waals surface area contributed by atoms with Crippen LogP contribution in [0.3, 0.4) is 0 Å². The van der Waals surface area contributed by atoms with Crippen molar-refractivity contribution in [1.29, 1.82) is 0 Å². The van der Waals surface area contributed by atoms with E-state index < -0.39 is 228 Å². The molecule has 2 saturated heterocycles. The molecule has 0 radical (unpaired) electrons. The standard InChI is InChI=1S/C92H109Cl2N7O25/c1-7-19-96-20-21-120-55-14-9-46(10-15-55)87(116)97-72(109)34-53-31-64(106)77(100-86(115)45(8-2)22-41(3)4)79(110)48-12-17-67(60(93)29-48)122-69-32-52-33-70(83(69)126-91-84(82(113)81(112)71(40-102)124-91)125-73-39-92(6,95)85(114)42(5)121-73)123-68-18-13-49(30-61(68)94)80(111)78-90(119)99-76(66(108)37-56-50-24-43-23-44(26-50)27-51(56)25-43)59-35-54(103)36-63(105)74(59)58-28-47(11-16-62(58)104)57(89(118)101-78)38-65(107)75(52)98-88(53)117/h9-18,28-30,32-33,35-36,41-45,50-51,53,56-57,71,73,75-82,84-85,91,96,102-105,110-114H,7-8,19-27,31,34,37-40,95H2,1-6H3,(H,98,117)(H,99,119)(H,100,115)(H,101,118)(H,97,109,116)/t42-,43?,44?,45+,50?,51?,53-,56?,57+,71+,73-,75+,76-,77-,78-,79+,80+,81+,82-,84+,85+,91-,92-/m0/s1. The average molecular weight is 1780 g/mol. The number of ether oxygens (including phenoxy) is 7. The summed E-state index contributed by atoms with van der Waals surface area (Å²) in [7, 11) is 0. The number of phenols is 3. The number of Topliss-reactive ketones (excluding diaryl/α,β-unsaturated/α-hetero) is 3. The molecule has 0 aromatic heterocycles. The van der Waals surface area contributed by atoms with Crippen molar-refractivity contribution in [2.45, 2.75) is 222 Å². The number of imide groups is 1. The van der Waals surface area contributed by atoms with Crippen molar-refractivity contribution in [2.75, 3.05) is 26.3 Å². The summed E-state index contributed by atoms with van der Waals surface area (Å²) in [6.45, 7) is 11.2. The Bertz CT molecular complexity index is 5080. The van der Waals surface area contributed by atoms with E-state index in [0.29, 0.717) is 30.6 Å². The van der Waals surface area contributed by atoms with Gasteiger partial charge in [0.25, 0.3) is 5.91 Å². The molecule has 6 fully saturated rings. The Kier molecular flexibility index (Phi) is 28.5. The Hall–Kier alpha value is -9.91. The molecule has 17 rings (SSSR count). The highest BCUT2D eigenvalue weighted by molar-refractivity contribution is 6.32. The molecule has 4 aliphatic carbocycles. The molecule has 0 spiro atoms. The molecule has 17 N–H and O–H groups in total. The highest BCUT2D eigenvalue weighted by atomic mass is 35.5. The van der Waals surface area contributed by atoms with Crippen molar-refractivity contribution < 1.29 is 122 Å². The first-order valence-corrected chi connectivity index (χ1v) is 43.8. The maximum atomic E-state index is 16.8. The number of amides is 6. The van der Waals surface area contributed by atoms with E-state index >= 15 is 28.8 Å². The number of hydrogen-bond donors (Lipinski definition) is 16. The van der Waals surface area contributed by atoms with Crippen LogP contribution < -0.4 is 56.6 Å². The number of carbonyl (C=O) groups is 9. The zero-order chi connectivity index (χ0) is 90.2. The second-order valence-electron chi connectivity index (χ2n) is 35.5. The fraction of sp³-hybridized carbons (Fsp3) is 0.511. The van der Waals surface area contributed by atoms with Crippen LogP contribution in [0.1, 0.15) is 193 Å². The van der Waals surface area contributed by atoms with E-state index in [0.717, 1.165) is 75.4 Å². The van der Waals surface area contributed by atoms with Gasteiger partial charge in [-0.3, -0.25) is 48.5 Å². The lowest BCUT2D eigenvalue weighted by molar-refractivity contribution is -0.333. The minimum atomic E-state index is -2.26. The number of aliphatic hydroxyl groups excluding tert-OH is 6. The number of phenolic OH excluding ortho intramolecular Hbond substituents is 3. The summed E-state index contributed by atoms with van der Waals surface area (Å²) in [6, 6.07) is 12.9. The molecule has 6 amide bonds. The van der Waals surface area contributed by atoms with Crippen LogP contribution in [0.15, 0.2) is 103 Å². The van der Waals surface area contributed by atoms with Crippen LogP contribution in [-0.4, -0.2) is 192 Å². The predicted molar refractivity (Wildman–Crippen MR) is 454 cm³/mol. The smallest absolute Gasteiger partial charge is 0.257 e. The summed E-state index contributed by atoms with van der Waals surface area (Å²) in [5, 5.41) is 123. The van der Waals surface area contributed by atoms with Gasteiger partial charge in [0.05, 0.1) is 40.7 Å². The zero-order valence-electron chi connectivity index (χ0n) is 70.5. The van der Waals surface area contributed by atoms with Gasteiger partial charge in [-0.25, -0.2) is 0 Å². The Morgan fingerprint density at radius 2 is 1.33 bits per heavy atom. The molecule has 0 unspecified atom stereocenters. The number of halogens is 2. The second-order valence-corrected chi connectivity index (χ2v) is 36.3. The highest BCUT2D eigenvalue weighted by Crippen LogP contribution is 2.59. The summed E-state index contributed by atoms with van der Waals surface area (Å²) in [4.78, 5) is 140. The van der Waals surface area contributed by atoms with Gasteiger partial charge in [0.15, 0.2) is 41.2 Å². The van der Waals surface area contributed by atoms with Gasteiger partial charge in [-0.1, -0.05) is 69.1 Å². The number of hydrogen-bond acceptors (Lipinski definition) is 27. The van der Waals surface area contributed by atoms with Crippen LogP contribution in [0.25, 0.3) is 11.1 Å². The first-order chi connectivity index (χ1) is 60.0. The van der Waals surface area contributed by atoms with Gasteiger partial charge in [0.1, 0.15) is 95.8 Å². The third-order valence-electron chi connectivity index (χ3n) is 25.9. The SMILES string of the molecule is CCCNCCOc1ccc(C(=O)NC(=O)C[C@@H]2CC(=O)[C@H](NC(=O)[C@H](CC)CC(C)C)[C@H](O)c3ccc(c(Cl)c3)Oc3cc4cc(c3O[C@@H]3O[C@H](CO)[C@@H](O)[C@H](O)[C@H]3O[C@H]3C[C@](C)(N)[C@H](O)[C@H](C)O3)Oc3ccc(cc3Cl)[C@@H](O)[C@@H]3NC(=O)[C@H](CC(=O)[C@@H]4NC2=O)c2ccc(O)c(c2)-c2c(O)cc(O)cc2[C@@H](C(=O)CC2C4CC5CC(C4)CC2C5)NC3=O)cc1. The van der Waals surface area contributed by atoms with Crippen molar-refractivity contribution in [3.05, 3.63) is 147 Å². The molecule has 676 valence electrons. The topological polar surface area (TPSA) is 499 Å². The maximum absolute atomic E-state index is 16.8. The molecule has 7 aliphatic heterocycles. The number of carbonyl (C=O) groups excluding carboxylic acids is 9. The van der Waals surface area contributed by atoms with Crippen LogP contribution in [0, 0.1) is 47.3 Å². The summed E-state index contributed by atoms with van der Waals surface area (Å²) in [6.07, 6.45) is -14.7. The lowest BCUT2D eigenvalue weighted by Crippen LogP contribution is -2.64. The molecule has 32 nitrogen and oxygen atoms in total. The molecule has 6 aromatic carbocycles. The molecule has 18 atom stereocenters. The van der Waals surface area contributed by atoms with Gasteiger partial charge < -0.3 is 111 Å². The number of nitrogens with one attached hydrogen (secondary N) is 6. The molecule has 34 heteroatoms. The van der Waals surface area contributed by atoms with Crippen LogP contribution >= 0.6 is 23.2 Å². The second kappa shape index (κ2) is 39.0. The molecule has 6 aromatic rings. The van der Waals surface area contributed by atoms with Crippen molar-refractivity contribution in [3.8, 4) is 62.9 Å². The number of aromatic hydroxyl groups is 3. The van der Waals surface area contributed by atoms with Gasteiger partial charge in [-0.2, -0.15) is 0 Å². The number of nitrogens with two attached hydrogens (primary N) is 1. The van der Waals surface area contributed by atoms with Crippen LogP contribution in [0.5, 0.6) is 51.7 Å². The van der Waals surface area contributed by atoms with Gasteiger partial charge >= 0.3 is 0 Å².